The summed E-state index contributed by atoms with van der Waals surface area (Å²) in [6.45, 7) is 5.14. The van der Waals surface area contributed by atoms with Crippen LogP contribution in [0.1, 0.15) is 41.4 Å². The van der Waals surface area contributed by atoms with Gasteiger partial charge in [-0.15, -0.1) is 11.3 Å². The van der Waals surface area contributed by atoms with Crippen LogP contribution in [0.3, 0.4) is 0 Å². The van der Waals surface area contributed by atoms with Crippen LogP contribution in [-0.4, -0.2) is 24.2 Å². The zero-order valence-electron chi connectivity index (χ0n) is 17.1. The standard InChI is InChI=1S/C23H27N3O2S/c1-23(2)16(13-21(23)24-22(27)20-10-7-11-29-20)12-17-14-19(28-25-17)15-26(3)18-8-5-4-6-9-18/h4-11,14,16,21H,12-13,15H2,1-3H3,(H,24,27)/t16-,21+/m1/s1. The molecule has 1 N–H and O–H groups in total. The number of thiophene rings is 1. The van der Waals surface area contributed by atoms with Crippen LogP contribution in [0.15, 0.2) is 58.4 Å². The first-order valence-electron chi connectivity index (χ1n) is 9.98. The first kappa shape index (κ1) is 19.7. The summed E-state index contributed by atoms with van der Waals surface area (Å²) in [5.74, 6) is 1.37. The molecular weight excluding hydrogens is 382 g/mol. The lowest BCUT2D eigenvalue weighted by Gasteiger charge is -2.52. The number of para-hydroxylation sites is 1. The molecule has 1 aromatic carbocycles. The van der Waals surface area contributed by atoms with Gasteiger partial charge in [0.15, 0.2) is 5.76 Å². The summed E-state index contributed by atoms with van der Waals surface area (Å²) < 4.78 is 5.57. The number of aromatic nitrogens is 1. The van der Waals surface area contributed by atoms with Gasteiger partial charge in [-0.2, -0.15) is 0 Å². The fourth-order valence-electron chi connectivity index (χ4n) is 4.03. The van der Waals surface area contributed by atoms with Crippen LogP contribution >= 0.6 is 11.3 Å². The highest BCUT2D eigenvalue weighted by Gasteiger charge is 2.48. The Morgan fingerprint density at radius 2 is 2.07 bits per heavy atom. The third-order valence-electron chi connectivity index (χ3n) is 6.17. The lowest BCUT2D eigenvalue weighted by atomic mass is 9.57. The maximum atomic E-state index is 12.4. The fourth-order valence-corrected chi connectivity index (χ4v) is 4.66. The molecule has 5 nitrogen and oxygen atoms in total. The number of nitrogens with one attached hydrogen (secondary N) is 1. The predicted octanol–water partition coefficient (Wildman–Crippen LogP) is 4.76. The number of anilines is 1. The van der Waals surface area contributed by atoms with Crippen molar-refractivity contribution in [3.8, 4) is 0 Å². The van der Waals surface area contributed by atoms with E-state index in [0.29, 0.717) is 12.5 Å². The highest BCUT2D eigenvalue weighted by molar-refractivity contribution is 7.12. The lowest BCUT2D eigenvalue weighted by Crippen LogP contribution is -2.58. The van der Waals surface area contributed by atoms with Gasteiger partial charge >= 0.3 is 0 Å². The minimum absolute atomic E-state index is 0.0317. The Labute approximate surface area is 175 Å². The Balaban J connectivity index is 1.32. The van der Waals surface area contributed by atoms with Crippen molar-refractivity contribution in [1.29, 1.82) is 0 Å². The van der Waals surface area contributed by atoms with Crippen LogP contribution in [0.4, 0.5) is 5.69 Å². The van der Waals surface area contributed by atoms with Crippen molar-refractivity contribution >= 4 is 22.9 Å². The second-order valence-electron chi connectivity index (χ2n) is 8.44. The average molecular weight is 410 g/mol. The Bertz CT molecular complexity index is 950. The molecule has 29 heavy (non-hydrogen) atoms. The van der Waals surface area contributed by atoms with E-state index in [1.807, 2.05) is 42.8 Å². The highest BCUT2D eigenvalue weighted by atomic mass is 32.1. The third-order valence-corrected chi connectivity index (χ3v) is 7.04. The molecule has 0 bridgehead atoms. The van der Waals surface area contributed by atoms with Crippen LogP contribution < -0.4 is 10.2 Å². The summed E-state index contributed by atoms with van der Waals surface area (Å²) in [7, 11) is 2.05. The van der Waals surface area contributed by atoms with Crippen LogP contribution in [0.5, 0.6) is 0 Å². The minimum atomic E-state index is 0.0317. The number of hydrogen-bond acceptors (Lipinski definition) is 5. The van der Waals surface area contributed by atoms with Gasteiger partial charge in [0.25, 0.3) is 5.91 Å². The van der Waals surface area contributed by atoms with E-state index >= 15 is 0 Å². The molecule has 1 aliphatic rings. The summed E-state index contributed by atoms with van der Waals surface area (Å²) in [4.78, 5) is 15.3. The van der Waals surface area contributed by atoms with E-state index in [9.17, 15) is 4.79 Å². The Morgan fingerprint density at radius 3 is 2.76 bits per heavy atom. The van der Waals surface area contributed by atoms with Crippen LogP contribution in [0.25, 0.3) is 0 Å². The molecule has 152 valence electrons. The molecule has 1 saturated carbocycles. The fraction of sp³-hybridized carbons (Fsp3) is 0.391. The number of hydrogen-bond donors (Lipinski definition) is 1. The topological polar surface area (TPSA) is 58.4 Å². The summed E-state index contributed by atoms with van der Waals surface area (Å²) in [5.41, 5.74) is 2.17. The van der Waals surface area contributed by atoms with E-state index in [4.69, 9.17) is 4.52 Å². The molecule has 1 aliphatic carbocycles. The van der Waals surface area contributed by atoms with Gasteiger partial charge in [-0.05, 0) is 47.8 Å². The molecule has 3 aromatic rings. The Hall–Kier alpha value is -2.60. The smallest absolute Gasteiger partial charge is 0.261 e. The molecule has 1 fully saturated rings. The Kier molecular flexibility index (Phi) is 5.46. The van der Waals surface area contributed by atoms with Crippen LogP contribution in [0.2, 0.25) is 0 Å². The number of benzene rings is 1. The molecular formula is C23H27N3O2S. The monoisotopic (exact) mass is 409 g/mol. The maximum Gasteiger partial charge on any atom is 0.261 e. The van der Waals surface area contributed by atoms with E-state index in [2.05, 4.69) is 47.4 Å². The first-order chi connectivity index (χ1) is 13.9. The molecule has 0 unspecified atom stereocenters. The van der Waals surface area contributed by atoms with Gasteiger partial charge in [0.1, 0.15) is 0 Å². The van der Waals surface area contributed by atoms with Gasteiger partial charge in [0, 0.05) is 24.8 Å². The average Bonchev–Trinajstić information content (AvgIpc) is 3.40. The number of rotatable bonds is 7. The SMILES string of the molecule is CN(Cc1cc(C[C@@H]2C[C@H](NC(=O)c3cccs3)C2(C)C)no1)c1ccccc1. The van der Waals surface area contributed by atoms with Gasteiger partial charge in [-0.1, -0.05) is 43.3 Å². The van der Waals surface area contributed by atoms with Crippen molar-refractivity contribution in [2.45, 2.75) is 39.3 Å². The first-order valence-corrected chi connectivity index (χ1v) is 10.9. The van der Waals surface area contributed by atoms with E-state index in [0.717, 1.165) is 34.9 Å². The van der Waals surface area contributed by atoms with Crippen LogP contribution in [-0.2, 0) is 13.0 Å². The van der Waals surface area contributed by atoms with Crippen molar-refractivity contribution in [1.82, 2.24) is 10.5 Å². The van der Waals surface area contributed by atoms with E-state index in [1.54, 1.807) is 0 Å². The molecule has 0 radical (unpaired) electrons. The van der Waals surface area contributed by atoms with Crippen molar-refractivity contribution in [2.24, 2.45) is 11.3 Å². The summed E-state index contributed by atoms with van der Waals surface area (Å²) in [6.07, 6.45) is 1.84. The number of carbonyl (C=O) groups excluding carboxylic acids is 1. The number of nitrogens with zero attached hydrogens (tertiary/aromatic N) is 2. The molecule has 0 saturated heterocycles. The van der Waals surface area contributed by atoms with Gasteiger partial charge < -0.3 is 14.7 Å². The van der Waals surface area contributed by atoms with E-state index in [1.165, 1.54) is 11.3 Å². The Morgan fingerprint density at radius 1 is 1.28 bits per heavy atom. The van der Waals surface area contributed by atoms with Crippen molar-refractivity contribution < 1.29 is 9.32 Å². The predicted molar refractivity (Wildman–Crippen MR) is 116 cm³/mol. The third kappa shape index (κ3) is 4.22. The van der Waals surface area contributed by atoms with Crippen molar-refractivity contribution in [3.63, 3.8) is 0 Å². The summed E-state index contributed by atoms with van der Waals surface area (Å²) >= 11 is 1.48. The minimum Gasteiger partial charge on any atom is -0.367 e. The second-order valence-corrected chi connectivity index (χ2v) is 9.39. The van der Waals surface area contributed by atoms with Gasteiger partial charge in [0.05, 0.1) is 17.1 Å². The normalized spacial score (nSPS) is 20.1. The van der Waals surface area contributed by atoms with Gasteiger partial charge in [-0.3, -0.25) is 4.79 Å². The maximum absolute atomic E-state index is 12.4. The van der Waals surface area contributed by atoms with Crippen molar-refractivity contribution in [2.75, 3.05) is 11.9 Å². The molecule has 0 spiro atoms. The largest absolute Gasteiger partial charge is 0.367 e. The molecule has 2 aromatic heterocycles. The van der Waals surface area contributed by atoms with Crippen molar-refractivity contribution in [3.05, 3.63) is 70.2 Å². The highest BCUT2D eigenvalue weighted by Crippen LogP contribution is 2.48. The number of amides is 1. The van der Waals surface area contributed by atoms with E-state index < -0.39 is 0 Å². The zero-order valence-corrected chi connectivity index (χ0v) is 17.9. The summed E-state index contributed by atoms with van der Waals surface area (Å²) in [6, 6.07) is 16.3. The molecule has 2 heterocycles. The lowest BCUT2D eigenvalue weighted by molar-refractivity contribution is 0.0139. The van der Waals surface area contributed by atoms with Crippen LogP contribution in [0, 0.1) is 11.3 Å². The molecule has 1 amide bonds. The zero-order chi connectivity index (χ0) is 20.4. The van der Waals surface area contributed by atoms with Gasteiger partial charge in [-0.25, -0.2) is 0 Å². The second kappa shape index (κ2) is 8.03. The summed E-state index contributed by atoms with van der Waals surface area (Å²) in [5, 5.41) is 9.42. The van der Waals surface area contributed by atoms with Gasteiger partial charge in [0.2, 0.25) is 0 Å². The quantitative estimate of drug-likeness (QED) is 0.611. The van der Waals surface area contributed by atoms with E-state index in [-0.39, 0.29) is 17.4 Å². The molecule has 2 atom stereocenters. The molecule has 4 rings (SSSR count). The number of carbonyl (C=O) groups is 1. The molecule has 6 heteroatoms. The molecule has 0 aliphatic heterocycles.